The summed E-state index contributed by atoms with van der Waals surface area (Å²) >= 11 is 0. The van der Waals surface area contributed by atoms with Gasteiger partial charge in [-0.1, -0.05) is 0 Å². The first-order chi connectivity index (χ1) is 8.61. The van der Waals surface area contributed by atoms with Gasteiger partial charge in [0.05, 0.1) is 25.0 Å². The van der Waals surface area contributed by atoms with Crippen molar-refractivity contribution >= 4 is 10.0 Å². The lowest BCUT2D eigenvalue weighted by atomic mass is 9.96. The fourth-order valence-electron chi connectivity index (χ4n) is 2.07. The average Bonchev–Trinajstić information content (AvgIpc) is 2.77. The van der Waals surface area contributed by atoms with E-state index in [2.05, 4.69) is 9.71 Å². The van der Waals surface area contributed by atoms with E-state index in [4.69, 9.17) is 4.74 Å². The maximum absolute atomic E-state index is 11.6. The van der Waals surface area contributed by atoms with Gasteiger partial charge in [-0.25, -0.2) is 13.1 Å². The van der Waals surface area contributed by atoms with E-state index in [1.165, 1.54) is 0 Å². The van der Waals surface area contributed by atoms with E-state index >= 15 is 0 Å². The number of aromatic nitrogens is 1. The van der Waals surface area contributed by atoms with Crippen molar-refractivity contribution in [1.82, 2.24) is 9.71 Å². The number of sulfonamides is 1. The third kappa shape index (κ3) is 3.51. The number of hydrogen-bond acceptors (Lipinski definition) is 4. The molecule has 18 heavy (non-hydrogen) atoms. The Labute approximate surface area is 108 Å². The van der Waals surface area contributed by atoms with Crippen molar-refractivity contribution in [2.45, 2.75) is 19.4 Å². The van der Waals surface area contributed by atoms with Crippen molar-refractivity contribution in [2.75, 3.05) is 19.0 Å². The monoisotopic (exact) mass is 270 g/mol. The normalized spacial score (nSPS) is 24.3. The molecule has 0 bridgehead atoms. The van der Waals surface area contributed by atoms with Crippen LogP contribution in [0.3, 0.4) is 0 Å². The molecule has 2 heterocycles. The van der Waals surface area contributed by atoms with E-state index in [1.54, 1.807) is 19.3 Å². The first-order valence-corrected chi connectivity index (χ1v) is 7.72. The van der Waals surface area contributed by atoms with Crippen LogP contribution in [0.1, 0.15) is 12.5 Å². The van der Waals surface area contributed by atoms with E-state index in [0.717, 1.165) is 12.0 Å². The number of pyridine rings is 1. The average molecular weight is 270 g/mol. The highest BCUT2D eigenvalue weighted by molar-refractivity contribution is 7.89. The zero-order valence-electron chi connectivity index (χ0n) is 10.4. The first-order valence-electron chi connectivity index (χ1n) is 6.07. The highest BCUT2D eigenvalue weighted by Crippen LogP contribution is 2.19. The molecule has 0 unspecified atom stereocenters. The minimum Gasteiger partial charge on any atom is -0.379 e. The van der Waals surface area contributed by atoms with E-state index in [0.29, 0.717) is 13.2 Å². The molecule has 1 aromatic rings. The summed E-state index contributed by atoms with van der Waals surface area (Å²) in [4.78, 5) is 3.97. The van der Waals surface area contributed by atoms with Gasteiger partial charge in [0, 0.05) is 18.3 Å². The molecule has 2 atom stereocenters. The largest absolute Gasteiger partial charge is 0.379 e. The summed E-state index contributed by atoms with van der Waals surface area (Å²) in [6.45, 7) is 2.68. The van der Waals surface area contributed by atoms with Crippen molar-refractivity contribution in [1.29, 1.82) is 0 Å². The predicted octanol–water partition coefficient (Wildman–Crippen LogP) is 0.578. The standard InChI is InChI=1S/C12H18N2O3S/c1-2-18(15,16)14-12-9-17-8-11(12)7-10-3-5-13-6-4-10/h3-6,11-12,14H,2,7-9H2,1H3/t11-,12-/m1/s1. The number of ether oxygens (including phenoxy) is 1. The van der Waals surface area contributed by atoms with Gasteiger partial charge in [-0.2, -0.15) is 0 Å². The third-order valence-corrected chi connectivity index (χ3v) is 4.58. The lowest BCUT2D eigenvalue weighted by molar-refractivity contribution is 0.183. The Balaban J connectivity index is 2.00. The van der Waals surface area contributed by atoms with Crippen molar-refractivity contribution in [3.05, 3.63) is 30.1 Å². The molecule has 1 N–H and O–H groups in total. The molecule has 0 amide bonds. The molecule has 0 radical (unpaired) electrons. The Morgan fingerprint density at radius 1 is 1.39 bits per heavy atom. The topological polar surface area (TPSA) is 68.3 Å². The Morgan fingerprint density at radius 2 is 2.11 bits per heavy atom. The van der Waals surface area contributed by atoms with Crippen LogP contribution < -0.4 is 4.72 Å². The zero-order chi connectivity index (χ0) is 13.0. The smallest absolute Gasteiger partial charge is 0.211 e. The predicted molar refractivity (Wildman–Crippen MR) is 68.6 cm³/mol. The highest BCUT2D eigenvalue weighted by atomic mass is 32.2. The summed E-state index contributed by atoms with van der Waals surface area (Å²) in [6.07, 6.45) is 4.30. The molecule has 6 heteroatoms. The molecule has 0 aliphatic carbocycles. The second-order valence-electron chi connectivity index (χ2n) is 4.48. The van der Waals surface area contributed by atoms with Gasteiger partial charge in [0.1, 0.15) is 0 Å². The molecule has 1 saturated heterocycles. The fourth-order valence-corrected chi connectivity index (χ4v) is 2.95. The Bertz CT molecular complexity index is 475. The van der Waals surface area contributed by atoms with Crippen LogP contribution in [0.25, 0.3) is 0 Å². The summed E-state index contributed by atoms with van der Waals surface area (Å²) in [5.74, 6) is 0.291. The summed E-state index contributed by atoms with van der Waals surface area (Å²) in [6, 6.07) is 3.77. The lowest BCUT2D eigenvalue weighted by Gasteiger charge is -2.18. The highest BCUT2D eigenvalue weighted by Gasteiger charge is 2.31. The molecule has 1 aliphatic heterocycles. The molecule has 2 rings (SSSR count). The quantitative estimate of drug-likeness (QED) is 0.849. The molecule has 1 aromatic heterocycles. The van der Waals surface area contributed by atoms with E-state index in [9.17, 15) is 8.42 Å². The second-order valence-corrected chi connectivity index (χ2v) is 6.53. The maximum Gasteiger partial charge on any atom is 0.211 e. The second kappa shape index (κ2) is 5.77. The van der Waals surface area contributed by atoms with Crippen LogP contribution in [0.5, 0.6) is 0 Å². The molecule has 0 aromatic carbocycles. The van der Waals surface area contributed by atoms with Gasteiger partial charge in [0.2, 0.25) is 10.0 Å². The summed E-state index contributed by atoms with van der Waals surface area (Å²) in [7, 11) is -3.17. The van der Waals surface area contributed by atoms with Gasteiger partial charge < -0.3 is 4.74 Å². The summed E-state index contributed by atoms with van der Waals surface area (Å²) in [5.41, 5.74) is 1.15. The fraction of sp³-hybridized carbons (Fsp3) is 0.583. The van der Waals surface area contributed by atoms with Crippen LogP contribution in [0, 0.1) is 5.92 Å². The summed E-state index contributed by atoms with van der Waals surface area (Å²) < 4.78 is 31.2. The van der Waals surface area contributed by atoms with Crippen LogP contribution in [0.4, 0.5) is 0 Å². The van der Waals surface area contributed by atoms with Crippen LogP contribution in [0.15, 0.2) is 24.5 Å². The zero-order valence-corrected chi connectivity index (χ0v) is 11.2. The molecule has 1 aliphatic rings. The Kier molecular flexibility index (Phi) is 4.31. The molecule has 100 valence electrons. The number of nitrogens with zero attached hydrogens (tertiary/aromatic N) is 1. The van der Waals surface area contributed by atoms with E-state index in [-0.39, 0.29) is 17.7 Å². The molecular formula is C12H18N2O3S. The molecule has 1 fully saturated rings. The van der Waals surface area contributed by atoms with Gasteiger partial charge in [0.15, 0.2) is 0 Å². The molecule has 0 saturated carbocycles. The van der Waals surface area contributed by atoms with Gasteiger partial charge in [-0.05, 0) is 31.0 Å². The van der Waals surface area contributed by atoms with E-state index < -0.39 is 10.0 Å². The van der Waals surface area contributed by atoms with Crippen molar-refractivity contribution in [2.24, 2.45) is 5.92 Å². The van der Waals surface area contributed by atoms with Crippen molar-refractivity contribution < 1.29 is 13.2 Å². The number of rotatable bonds is 5. The van der Waals surface area contributed by atoms with Crippen LogP contribution in [0.2, 0.25) is 0 Å². The number of hydrogen-bond donors (Lipinski definition) is 1. The minimum absolute atomic E-state index is 0.103. The third-order valence-electron chi connectivity index (χ3n) is 3.16. The lowest BCUT2D eigenvalue weighted by Crippen LogP contribution is -2.41. The Morgan fingerprint density at radius 3 is 2.78 bits per heavy atom. The van der Waals surface area contributed by atoms with Crippen LogP contribution in [-0.2, 0) is 21.2 Å². The molecule has 0 spiro atoms. The van der Waals surface area contributed by atoms with Gasteiger partial charge in [-0.15, -0.1) is 0 Å². The van der Waals surface area contributed by atoms with Crippen molar-refractivity contribution in [3.8, 4) is 0 Å². The van der Waals surface area contributed by atoms with E-state index in [1.807, 2.05) is 12.1 Å². The SMILES string of the molecule is CCS(=O)(=O)N[C@@H]1COC[C@H]1Cc1ccncc1. The number of nitrogens with one attached hydrogen (secondary N) is 1. The Hall–Kier alpha value is -0.980. The summed E-state index contributed by atoms with van der Waals surface area (Å²) in [5, 5.41) is 0. The maximum atomic E-state index is 11.6. The van der Waals surface area contributed by atoms with Gasteiger partial charge in [-0.3, -0.25) is 4.98 Å². The van der Waals surface area contributed by atoms with Crippen molar-refractivity contribution in [3.63, 3.8) is 0 Å². The molecule has 5 nitrogen and oxygen atoms in total. The molecular weight excluding hydrogens is 252 g/mol. The van der Waals surface area contributed by atoms with Gasteiger partial charge in [0.25, 0.3) is 0 Å². The minimum atomic E-state index is -3.17. The van der Waals surface area contributed by atoms with Crippen LogP contribution in [-0.4, -0.2) is 38.4 Å². The van der Waals surface area contributed by atoms with Crippen LogP contribution >= 0.6 is 0 Å². The van der Waals surface area contributed by atoms with Gasteiger partial charge >= 0.3 is 0 Å². The first kappa shape index (κ1) is 13.5.